The van der Waals surface area contributed by atoms with Gasteiger partial charge in [-0.25, -0.2) is 9.97 Å². The number of ether oxygens (including phenoxy) is 1. The van der Waals surface area contributed by atoms with Gasteiger partial charge in [-0.3, -0.25) is 0 Å². The number of nitrogens with zero attached hydrogens (tertiary/aromatic N) is 3. The maximum absolute atomic E-state index is 5.49. The molecule has 0 spiro atoms. The molecule has 1 aromatic heterocycles. The first-order valence-electron chi connectivity index (χ1n) is 5.74. The summed E-state index contributed by atoms with van der Waals surface area (Å²) in [5.74, 6) is 0.800. The maximum Gasteiger partial charge on any atom is 0.225 e. The number of anilines is 1. The van der Waals surface area contributed by atoms with E-state index in [0.717, 1.165) is 38.8 Å². The van der Waals surface area contributed by atoms with Crippen LogP contribution in [0.4, 0.5) is 5.95 Å². The standard InChI is InChI=1S/C11H18N4O/c1-2-12-8-10-9-16-7-6-15(10)11-13-4-3-5-14-11/h3-5,10,12H,2,6-9H2,1H3. The Balaban J connectivity index is 2.04. The highest BCUT2D eigenvalue weighted by atomic mass is 16.5. The molecule has 0 aliphatic carbocycles. The van der Waals surface area contributed by atoms with Crippen LogP contribution >= 0.6 is 0 Å². The van der Waals surface area contributed by atoms with Crippen molar-refractivity contribution in [2.75, 3.05) is 37.7 Å². The molecule has 1 unspecified atom stereocenters. The summed E-state index contributed by atoms with van der Waals surface area (Å²) < 4.78 is 5.49. The van der Waals surface area contributed by atoms with E-state index in [1.165, 1.54) is 0 Å². The molecule has 5 heteroatoms. The van der Waals surface area contributed by atoms with Crippen LogP contribution in [0.3, 0.4) is 0 Å². The van der Waals surface area contributed by atoms with E-state index in [1.54, 1.807) is 12.4 Å². The lowest BCUT2D eigenvalue weighted by Gasteiger charge is -2.35. The fraction of sp³-hybridized carbons (Fsp3) is 0.636. The number of aromatic nitrogens is 2. The van der Waals surface area contributed by atoms with Gasteiger partial charge in [0, 0.05) is 25.5 Å². The minimum absolute atomic E-state index is 0.330. The quantitative estimate of drug-likeness (QED) is 0.793. The Morgan fingerprint density at radius 2 is 2.31 bits per heavy atom. The monoisotopic (exact) mass is 222 g/mol. The summed E-state index contributed by atoms with van der Waals surface area (Å²) in [6.07, 6.45) is 3.56. The third-order valence-electron chi connectivity index (χ3n) is 2.67. The second-order valence-electron chi connectivity index (χ2n) is 3.78. The normalized spacial score (nSPS) is 21.1. The topological polar surface area (TPSA) is 50.3 Å². The molecule has 5 nitrogen and oxygen atoms in total. The Morgan fingerprint density at radius 3 is 3.06 bits per heavy atom. The van der Waals surface area contributed by atoms with E-state index in [0.29, 0.717) is 6.04 Å². The lowest BCUT2D eigenvalue weighted by Crippen LogP contribution is -2.51. The summed E-state index contributed by atoms with van der Waals surface area (Å²) in [6.45, 7) is 6.34. The molecule has 0 saturated carbocycles. The van der Waals surface area contributed by atoms with Crippen molar-refractivity contribution in [2.24, 2.45) is 0 Å². The Hall–Kier alpha value is -1.20. The number of hydrogen-bond donors (Lipinski definition) is 1. The van der Waals surface area contributed by atoms with E-state index in [-0.39, 0.29) is 0 Å². The zero-order valence-corrected chi connectivity index (χ0v) is 9.59. The van der Waals surface area contributed by atoms with Crippen molar-refractivity contribution in [3.8, 4) is 0 Å². The predicted octanol–water partition coefficient (Wildman–Crippen LogP) is 0.291. The molecule has 88 valence electrons. The van der Waals surface area contributed by atoms with Crippen LogP contribution < -0.4 is 10.2 Å². The molecule has 1 aliphatic heterocycles. The molecular weight excluding hydrogens is 204 g/mol. The first-order chi connectivity index (χ1) is 7.92. The van der Waals surface area contributed by atoms with Gasteiger partial charge in [-0.15, -0.1) is 0 Å². The zero-order valence-electron chi connectivity index (χ0n) is 9.59. The number of morpholine rings is 1. The van der Waals surface area contributed by atoms with Crippen molar-refractivity contribution >= 4 is 5.95 Å². The fourth-order valence-corrected chi connectivity index (χ4v) is 1.84. The molecule has 1 fully saturated rings. The van der Waals surface area contributed by atoms with Gasteiger partial charge in [0.1, 0.15) is 0 Å². The number of nitrogens with one attached hydrogen (secondary N) is 1. The van der Waals surface area contributed by atoms with Crippen molar-refractivity contribution in [1.82, 2.24) is 15.3 Å². The number of rotatable bonds is 4. The van der Waals surface area contributed by atoms with E-state index in [9.17, 15) is 0 Å². The van der Waals surface area contributed by atoms with Gasteiger partial charge >= 0.3 is 0 Å². The van der Waals surface area contributed by atoms with Crippen molar-refractivity contribution in [2.45, 2.75) is 13.0 Å². The van der Waals surface area contributed by atoms with Crippen LogP contribution in [0.25, 0.3) is 0 Å². The molecule has 0 radical (unpaired) electrons. The molecule has 1 N–H and O–H groups in total. The largest absolute Gasteiger partial charge is 0.377 e. The number of likely N-dealkylation sites (N-methyl/N-ethyl adjacent to an activating group) is 1. The van der Waals surface area contributed by atoms with Gasteiger partial charge in [0.25, 0.3) is 0 Å². The van der Waals surface area contributed by atoms with E-state index >= 15 is 0 Å². The summed E-state index contributed by atoms with van der Waals surface area (Å²) in [7, 11) is 0. The second-order valence-corrected chi connectivity index (χ2v) is 3.78. The van der Waals surface area contributed by atoms with Crippen LogP contribution in [-0.2, 0) is 4.74 Å². The average Bonchev–Trinajstić information content (AvgIpc) is 2.38. The minimum Gasteiger partial charge on any atom is -0.377 e. The van der Waals surface area contributed by atoms with Crippen molar-refractivity contribution in [1.29, 1.82) is 0 Å². The zero-order chi connectivity index (χ0) is 11.2. The SMILES string of the molecule is CCNCC1COCCN1c1ncccn1. The molecule has 2 rings (SSSR count). The molecular formula is C11H18N4O. The van der Waals surface area contributed by atoms with Gasteiger partial charge < -0.3 is 15.0 Å². The highest BCUT2D eigenvalue weighted by molar-refractivity contribution is 5.31. The van der Waals surface area contributed by atoms with Crippen molar-refractivity contribution < 1.29 is 4.74 Å². The third-order valence-corrected chi connectivity index (χ3v) is 2.67. The summed E-state index contributed by atoms with van der Waals surface area (Å²) in [6, 6.07) is 2.17. The molecule has 1 atom stereocenters. The molecule has 16 heavy (non-hydrogen) atoms. The third kappa shape index (κ3) is 2.68. The number of hydrogen-bond acceptors (Lipinski definition) is 5. The van der Waals surface area contributed by atoms with Crippen LogP contribution in [0, 0.1) is 0 Å². The maximum atomic E-state index is 5.49. The highest BCUT2D eigenvalue weighted by Crippen LogP contribution is 2.13. The van der Waals surface area contributed by atoms with Gasteiger partial charge in [-0.1, -0.05) is 6.92 Å². The van der Waals surface area contributed by atoms with Gasteiger partial charge in [0.2, 0.25) is 5.95 Å². The van der Waals surface area contributed by atoms with Crippen LogP contribution in [0.1, 0.15) is 6.92 Å². The van der Waals surface area contributed by atoms with E-state index in [4.69, 9.17) is 4.74 Å². The highest BCUT2D eigenvalue weighted by Gasteiger charge is 2.24. The average molecular weight is 222 g/mol. The Bertz CT molecular complexity index is 306. The Morgan fingerprint density at radius 1 is 1.50 bits per heavy atom. The van der Waals surface area contributed by atoms with Gasteiger partial charge in [0.05, 0.1) is 19.3 Å². The van der Waals surface area contributed by atoms with Crippen LogP contribution in [-0.4, -0.2) is 48.9 Å². The van der Waals surface area contributed by atoms with Crippen molar-refractivity contribution in [3.63, 3.8) is 0 Å². The summed E-state index contributed by atoms with van der Waals surface area (Å²) in [5, 5.41) is 3.34. The lowest BCUT2D eigenvalue weighted by atomic mass is 10.2. The van der Waals surface area contributed by atoms with Crippen LogP contribution in [0.15, 0.2) is 18.5 Å². The molecule has 2 heterocycles. The van der Waals surface area contributed by atoms with Gasteiger partial charge in [-0.2, -0.15) is 0 Å². The van der Waals surface area contributed by atoms with Gasteiger partial charge in [-0.05, 0) is 12.6 Å². The second kappa shape index (κ2) is 5.77. The van der Waals surface area contributed by atoms with Crippen LogP contribution in [0.5, 0.6) is 0 Å². The molecule has 1 aliphatic rings. The van der Waals surface area contributed by atoms with Gasteiger partial charge in [0.15, 0.2) is 0 Å². The fourth-order valence-electron chi connectivity index (χ4n) is 1.84. The first kappa shape index (κ1) is 11.3. The summed E-state index contributed by atoms with van der Waals surface area (Å²) in [5.41, 5.74) is 0. The van der Waals surface area contributed by atoms with E-state index in [2.05, 4.69) is 27.1 Å². The molecule has 0 amide bonds. The summed E-state index contributed by atoms with van der Waals surface area (Å²) >= 11 is 0. The minimum atomic E-state index is 0.330. The smallest absolute Gasteiger partial charge is 0.225 e. The van der Waals surface area contributed by atoms with Crippen molar-refractivity contribution in [3.05, 3.63) is 18.5 Å². The Labute approximate surface area is 95.8 Å². The van der Waals surface area contributed by atoms with Crippen LogP contribution in [0.2, 0.25) is 0 Å². The summed E-state index contributed by atoms with van der Waals surface area (Å²) in [4.78, 5) is 10.8. The molecule has 0 bridgehead atoms. The molecule has 0 aromatic carbocycles. The Kier molecular flexibility index (Phi) is 4.07. The first-order valence-corrected chi connectivity index (χ1v) is 5.74. The van der Waals surface area contributed by atoms with E-state index in [1.807, 2.05) is 6.07 Å². The molecule has 1 aromatic rings. The van der Waals surface area contributed by atoms with E-state index < -0.39 is 0 Å². The lowest BCUT2D eigenvalue weighted by molar-refractivity contribution is 0.0930. The molecule has 1 saturated heterocycles. The predicted molar refractivity (Wildman–Crippen MR) is 62.5 cm³/mol.